The molecule has 2 fully saturated rings. The molecule has 1 aliphatic heterocycles. The van der Waals surface area contributed by atoms with Gasteiger partial charge in [0.15, 0.2) is 0 Å². The summed E-state index contributed by atoms with van der Waals surface area (Å²) in [6.45, 7) is 11.0. The lowest BCUT2D eigenvalue weighted by Crippen LogP contribution is -2.59. The number of hydrogen-bond acceptors (Lipinski definition) is 4. The molecule has 1 aliphatic carbocycles. The normalized spacial score (nSPS) is 40.2. The zero-order valence-electron chi connectivity index (χ0n) is 13.6. The molecule has 20 heavy (non-hydrogen) atoms. The summed E-state index contributed by atoms with van der Waals surface area (Å²) in [4.78, 5) is 2.59. The Labute approximate surface area is 123 Å². The van der Waals surface area contributed by atoms with Crippen molar-refractivity contribution in [3.05, 3.63) is 0 Å². The summed E-state index contributed by atoms with van der Waals surface area (Å²) in [5, 5.41) is 13.5. The molecule has 2 N–H and O–H groups in total. The quantitative estimate of drug-likeness (QED) is 0.826. The van der Waals surface area contributed by atoms with Gasteiger partial charge in [-0.1, -0.05) is 13.8 Å². The Balaban J connectivity index is 2.01. The second-order valence-electron chi connectivity index (χ2n) is 7.20. The van der Waals surface area contributed by atoms with E-state index in [1.54, 1.807) is 0 Å². The fourth-order valence-electron chi connectivity index (χ4n) is 4.09. The standard InChI is InChI=1S/C16H32N2O2/c1-12(2)17-16(11-19)7-5-6-15(8-16)18-9-13(3)20-14(4)10-18/h12-15,17,19H,5-11H2,1-4H3. The highest BCUT2D eigenvalue weighted by atomic mass is 16.5. The molecule has 4 heteroatoms. The third kappa shape index (κ3) is 3.94. The summed E-state index contributed by atoms with van der Waals surface area (Å²) in [7, 11) is 0. The van der Waals surface area contributed by atoms with Gasteiger partial charge in [0.05, 0.1) is 18.8 Å². The highest BCUT2D eigenvalue weighted by Gasteiger charge is 2.39. The molecule has 0 radical (unpaired) electrons. The second-order valence-corrected chi connectivity index (χ2v) is 7.20. The van der Waals surface area contributed by atoms with Crippen LogP contribution in [0.25, 0.3) is 0 Å². The van der Waals surface area contributed by atoms with Crippen LogP contribution in [0.15, 0.2) is 0 Å². The van der Waals surface area contributed by atoms with Crippen LogP contribution >= 0.6 is 0 Å². The average Bonchev–Trinajstić information content (AvgIpc) is 2.37. The van der Waals surface area contributed by atoms with Crippen molar-refractivity contribution in [1.82, 2.24) is 10.2 Å². The van der Waals surface area contributed by atoms with E-state index < -0.39 is 0 Å². The maximum atomic E-state index is 9.90. The number of hydrogen-bond donors (Lipinski definition) is 2. The van der Waals surface area contributed by atoms with Crippen LogP contribution in [-0.2, 0) is 4.74 Å². The van der Waals surface area contributed by atoms with Crippen LogP contribution < -0.4 is 5.32 Å². The SMILES string of the molecule is CC(C)NC1(CO)CCCC(N2CC(C)OC(C)C2)C1. The van der Waals surface area contributed by atoms with Crippen molar-refractivity contribution in [3.8, 4) is 0 Å². The Bertz CT molecular complexity index is 301. The van der Waals surface area contributed by atoms with E-state index >= 15 is 0 Å². The van der Waals surface area contributed by atoms with Gasteiger partial charge >= 0.3 is 0 Å². The predicted octanol–water partition coefficient (Wildman–Crippen LogP) is 1.77. The van der Waals surface area contributed by atoms with Crippen molar-refractivity contribution in [3.63, 3.8) is 0 Å². The van der Waals surface area contributed by atoms with Gasteiger partial charge in [-0.25, -0.2) is 0 Å². The van der Waals surface area contributed by atoms with Crippen molar-refractivity contribution in [2.75, 3.05) is 19.7 Å². The molecule has 0 aromatic carbocycles. The number of rotatable bonds is 4. The molecule has 4 nitrogen and oxygen atoms in total. The molecule has 118 valence electrons. The maximum absolute atomic E-state index is 9.90. The Morgan fingerprint density at radius 1 is 1.30 bits per heavy atom. The Hall–Kier alpha value is -0.160. The molecule has 1 saturated carbocycles. The van der Waals surface area contributed by atoms with E-state index in [-0.39, 0.29) is 12.1 Å². The lowest BCUT2D eigenvalue weighted by Gasteiger charge is -2.48. The fourth-order valence-corrected chi connectivity index (χ4v) is 4.09. The number of ether oxygens (including phenoxy) is 1. The predicted molar refractivity (Wildman–Crippen MR) is 81.9 cm³/mol. The van der Waals surface area contributed by atoms with Gasteiger partial charge in [-0.05, 0) is 39.5 Å². The zero-order valence-corrected chi connectivity index (χ0v) is 13.6. The van der Waals surface area contributed by atoms with Gasteiger partial charge in [-0.2, -0.15) is 0 Å². The minimum atomic E-state index is -0.0815. The number of aliphatic hydroxyl groups is 1. The molecule has 4 atom stereocenters. The Morgan fingerprint density at radius 2 is 1.95 bits per heavy atom. The number of morpholine rings is 1. The molecule has 4 unspecified atom stereocenters. The summed E-state index contributed by atoms with van der Waals surface area (Å²) in [5.41, 5.74) is -0.0815. The highest BCUT2D eigenvalue weighted by Crippen LogP contribution is 2.32. The lowest BCUT2D eigenvalue weighted by molar-refractivity contribution is -0.0901. The number of aliphatic hydroxyl groups excluding tert-OH is 1. The third-order valence-corrected chi connectivity index (χ3v) is 4.68. The summed E-state index contributed by atoms with van der Waals surface area (Å²) in [6.07, 6.45) is 5.24. The summed E-state index contributed by atoms with van der Waals surface area (Å²) < 4.78 is 5.84. The van der Waals surface area contributed by atoms with Crippen LogP contribution in [0.1, 0.15) is 53.4 Å². The zero-order chi connectivity index (χ0) is 14.8. The lowest BCUT2D eigenvalue weighted by atomic mass is 9.78. The fraction of sp³-hybridized carbons (Fsp3) is 1.00. The largest absolute Gasteiger partial charge is 0.394 e. The Kier molecular flexibility index (Phi) is 5.46. The summed E-state index contributed by atoms with van der Waals surface area (Å²) in [6, 6.07) is 0.999. The van der Waals surface area contributed by atoms with Crippen molar-refractivity contribution >= 4 is 0 Å². The molecule has 0 aromatic heterocycles. The van der Waals surface area contributed by atoms with Gasteiger partial charge in [0.25, 0.3) is 0 Å². The topological polar surface area (TPSA) is 44.7 Å². The molecule has 0 bridgehead atoms. The van der Waals surface area contributed by atoms with Gasteiger partial charge in [-0.15, -0.1) is 0 Å². The molecular formula is C16H32N2O2. The maximum Gasteiger partial charge on any atom is 0.0678 e. The van der Waals surface area contributed by atoms with Crippen molar-refractivity contribution in [1.29, 1.82) is 0 Å². The van der Waals surface area contributed by atoms with E-state index in [0.717, 1.165) is 25.9 Å². The van der Waals surface area contributed by atoms with Crippen molar-refractivity contribution in [2.45, 2.75) is 83.2 Å². The van der Waals surface area contributed by atoms with Gasteiger partial charge < -0.3 is 15.2 Å². The minimum Gasteiger partial charge on any atom is -0.394 e. The van der Waals surface area contributed by atoms with E-state index in [4.69, 9.17) is 4.74 Å². The first-order chi connectivity index (χ1) is 9.44. The molecule has 1 heterocycles. The van der Waals surface area contributed by atoms with Crippen LogP contribution in [0.5, 0.6) is 0 Å². The average molecular weight is 284 g/mol. The molecule has 1 saturated heterocycles. The van der Waals surface area contributed by atoms with Crippen LogP contribution in [0.4, 0.5) is 0 Å². The first-order valence-corrected chi connectivity index (χ1v) is 8.22. The van der Waals surface area contributed by atoms with Crippen molar-refractivity contribution < 1.29 is 9.84 Å². The first kappa shape index (κ1) is 16.2. The van der Waals surface area contributed by atoms with Crippen LogP contribution in [0, 0.1) is 0 Å². The molecule has 2 aliphatic rings. The number of nitrogens with zero attached hydrogens (tertiary/aromatic N) is 1. The minimum absolute atomic E-state index is 0.0815. The highest BCUT2D eigenvalue weighted by molar-refractivity contribution is 4.98. The van der Waals surface area contributed by atoms with Crippen molar-refractivity contribution in [2.24, 2.45) is 0 Å². The van der Waals surface area contributed by atoms with Crippen LogP contribution in [-0.4, -0.2) is 59.5 Å². The molecule has 0 amide bonds. The molecule has 2 rings (SSSR count). The van der Waals surface area contributed by atoms with Crippen LogP contribution in [0.3, 0.4) is 0 Å². The molecule has 0 aromatic rings. The van der Waals surface area contributed by atoms with Crippen LogP contribution in [0.2, 0.25) is 0 Å². The van der Waals surface area contributed by atoms with Gasteiger partial charge in [0.1, 0.15) is 0 Å². The summed E-state index contributed by atoms with van der Waals surface area (Å²) >= 11 is 0. The van der Waals surface area contributed by atoms with E-state index in [0.29, 0.717) is 24.3 Å². The molecule has 0 spiro atoms. The smallest absolute Gasteiger partial charge is 0.0678 e. The molecular weight excluding hydrogens is 252 g/mol. The van der Waals surface area contributed by atoms with Gasteiger partial charge in [-0.3, -0.25) is 4.90 Å². The second kappa shape index (κ2) is 6.73. The van der Waals surface area contributed by atoms with E-state index in [1.165, 1.54) is 12.8 Å². The van der Waals surface area contributed by atoms with E-state index in [1.807, 2.05) is 0 Å². The number of nitrogens with one attached hydrogen (secondary N) is 1. The van der Waals surface area contributed by atoms with E-state index in [2.05, 4.69) is 37.9 Å². The van der Waals surface area contributed by atoms with Gasteiger partial charge in [0, 0.05) is 30.7 Å². The van der Waals surface area contributed by atoms with E-state index in [9.17, 15) is 5.11 Å². The first-order valence-electron chi connectivity index (χ1n) is 8.22. The van der Waals surface area contributed by atoms with Gasteiger partial charge in [0.2, 0.25) is 0 Å². The monoisotopic (exact) mass is 284 g/mol. The third-order valence-electron chi connectivity index (χ3n) is 4.68. The summed E-state index contributed by atoms with van der Waals surface area (Å²) in [5.74, 6) is 0. The Morgan fingerprint density at radius 3 is 2.50 bits per heavy atom.